The third-order valence-electron chi connectivity index (χ3n) is 8.04. The maximum absolute atomic E-state index is 13.5. The molecule has 1 aromatic carbocycles. The first-order valence-electron chi connectivity index (χ1n) is 12.2. The number of amides is 2. The van der Waals surface area contributed by atoms with Gasteiger partial charge in [-0.1, -0.05) is 18.6 Å². The lowest BCUT2D eigenvalue weighted by atomic mass is 9.68. The number of carbonyl (C=O) groups is 3. The van der Waals surface area contributed by atoms with E-state index in [4.69, 9.17) is 9.90 Å². The van der Waals surface area contributed by atoms with E-state index in [9.17, 15) is 32.3 Å². The Morgan fingerprint density at radius 1 is 1.05 bits per heavy atom. The van der Waals surface area contributed by atoms with Gasteiger partial charge in [-0.25, -0.2) is 14.0 Å². The molecule has 1 aliphatic heterocycles. The second-order valence-corrected chi connectivity index (χ2v) is 10.4. The van der Waals surface area contributed by atoms with Crippen molar-refractivity contribution in [1.29, 1.82) is 0 Å². The van der Waals surface area contributed by atoms with E-state index in [0.717, 1.165) is 50.6 Å². The lowest BCUT2D eigenvalue weighted by Crippen LogP contribution is -2.56. The topological polar surface area (TPSA) is 101 Å². The van der Waals surface area contributed by atoms with Crippen LogP contribution in [0.4, 0.5) is 22.4 Å². The molecule has 206 valence electrons. The van der Waals surface area contributed by atoms with Crippen molar-refractivity contribution in [1.82, 2.24) is 14.7 Å². The van der Waals surface area contributed by atoms with Crippen LogP contribution in [-0.2, 0) is 15.1 Å². The van der Waals surface area contributed by atoms with Crippen LogP contribution >= 0.6 is 0 Å². The number of rotatable bonds is 6. The van der Waals surface area contributed by atoms with Crippen LogP contribution in [0.25, 0.3) is 0 Å². The Bertz CT molecular complexity index is 987. The van der Waals surface area contributed by atoms with Gasteiger partial charge in [0.1, 0.15) is 12.4 Å². The highest BCUT2D eigenvalue weighted by Gasteiger charge is 2.55. The summed E-state index contributed by atoms with van der Waals surface area (Å²) in [6.07, 6.45) is 1.76. The molecule has 1 heterocycles. The Morgan fingerprint density at radius 3 is 2.00 bits per heavy atom. The number of benzene rings is 1. The Kier molecular flexibility index (Phi) is 8.40. The monoisotopic (exact) mass is 531 g/mol. The largest absolute Gasteiger partial charge is 0.490 e. The average Bonchev–Trinajstić information content (AvgIpc) is 3.01. The van der Waals surface area contributed by atoms with E-state index >= 15 is 0 Å². The van der Waals surface area contributed by atoms with Crippen molar-refractivity contribution in [2.45, 2.75) is 62.2 Å². The van der Waals surface area contributed by atoms with E-state index in [1.165, 1.54) is 23.5 Å². The third kappa shape index (κ3) is 6.16. The lowest BCUT2D eigenvalue weighted by Gasteiger charge is -2.51. The lowest BCUT2D eigenvalue weighted by molar-refractivity contribution is -0.192. The fraction of sp³-hybridized carbons (Fsp3) is 0.640. The molecular formula is C25H33F4N3O5. The zero-order chi connectivity index (χ0) is 27.6. The fourth-order valence-corrected chi connectivity index (χ4v) is 5.69. The van der Waals surface area contributed by atoms with Crippen LogP contribution in [0.2, 0.25) is 0 Å². The molecule has 2 amide bonds. The second-order valence-electron chi connectivity index (χ2n) is 10.4. The van der Waals surface area contributed by atoms with Crippen LogP contribution in [0, 0.1) is 11.7 Å². The SMILES string of the molecule is CN(C)[C@]1(c2ccc(F)cc2)CC[C@@]2(CC1)CN(CC(=O)O)C(=O)N2CC1CCC1.O=C(O)C(F)(F)F. The summed E-state index contributed by atoms with van der Waals surface area (Å²) in [6.45, 7) is 0.983. The number of alkyl halides is 3. The van der Waals surface area contributed by atoms with Gasteiger partial charge in [-0.2, -0.15) is 13.2 Å². The van der Waals surface area contributed by atoms with E-state index in [0.29, 0.717) is 12.5 Å². The second kappa shape index (κ2) is 10.8. The molecule has 2 N–H and O–H groups in total. The number of carbonyl (C=O) groups excluding carboxylic acids is 1. The molecule has 1 spiro atoms. The number of halogens is 4. The van der Waals surface area contributed by atoms with Crippen molar-refractivity contribution >= 4 is 18.0 Å². The van der Waals surface area contributed by atoms with Gasteiger partial charge in [-0.15, -0.1) is 0 Å². The predicted octanol–water partition coefficient (Wildman–Crippen LogP) is 4.15. The molecule has 3 fully saturated rings. The summed E-state index contributed by atoms with van der Waals surface area (Å²) in [5.74, 6) is -3.42. The molecular weight excluding hydrogens is 498 g/mol. The van der Waals surface area contributed by atoms with Crippen LogP contribution < -0.4 is 0 Å². The molecule has 1 saturated heterocycles. The molecule has 2 saturated carbocycles. The molecule has 4 rings (SSSR count). The molecule has 8 nitrogen and oxygen atoms in total. The smallest absolute Gasteiger partial charge is 0.480 e. The summed E-state index contributed by atoms with van der Waals surface area (Å²) in [5, 5.41) is 16.4. The van der Waals surface area contributed by atoms with Gasteiger partial charge in [0, 0.05) is 18.6 Å². The molecule has 1 aromatic rings. The number of aliphatic carboxylic acids is 2. The number of carboxylic acids is 2. The van der Waals surface area contributed by atoms with Gasteiger partial charge < -0.3 is 20.0 Å². The van der Waals surface area contributed by atoms with Crippen molar-refractivity contribution in [2.24, 2.45) is 5.92 Å². The maximum atomic E-state index is 13.5. The van der Waals surface area contributed by atoms with Gasteiger partial charge in [-0.3, -0.25) is 9.69 Å². The number of hydrogen-bond donors (Lipinski definition) is 2. The predicted molar refractivity (Wildman–Crippen MR) is 125 cm³/mol. The normalized spacial score (nSPS) is 26.2. The first kappa shape index (κ1) is 28.7. The van der Waals surface area contributed by atoms with Gasteiger partial charge in [0.05, 0.1) is 5.54 Å². The molecule has 12 heteroatoms. The Labute approximate surface area is 212 Å². The van der Waals surface area contributed by atoms with E-state index in [-0.39, 0.29) is 29.5 Å². The first-order chi connectivity index (χ1) is 17.2. The number of nitrogens with zero attached hydrogens (tertiary/aromatic N) is 3. The number of carboxylic acid groups (broad SMARTS) is 2. The van der Waals surface area contributed by atoms with Gasteiger partial charge in [-0.05, 0) is 76.2 Å². The highest BCUT2D eigenvalue weighted by atomic mass is 19.4. The molecule has 0 aromatic heterocycles. The molecule has 0 radical (unpaired) electrons. The Hall–Kier alpha value is -2.89. The van der Waals surface area contributed by atoms with Crippen molar-refractivity contribution in [2.75, 3.05) is 33.7 Å². The first-order valence-corrected chi connectivity index (χ1v) is 12.2. The molecule has 0 bridgehead atoms. The zero-order valence-corrected chi connectivity index (χ0v) is 20.9. The van der Waals surface area contributed by atoms with Crippen LogP contribution in [-0.4, -0.2) is 88.3 Å². The van der Waals surface area contributed by atoms with Crippen molar-refractivity contribution < 1.29 is 42.2 Å². The molecule has 0 atom stereocenters. The zero-order valence-electron chi connectivity index (χ0n) is 20.9. The van der Waals surface area contributed by atoms with Gasteiger partial charge in [0.25, 0.3) is 0 Å². The summed E-state index contributed by atoms with van der Waals surface area (Å²) in [7, 11) is 4.12. The van der Waals surface area contributed by atoms with Crippen molar-refractivity contribution in [3.05, 3.63) is 35.6 Å². The molecule has 37 heavy (non-hydrogen) atoms. The number of urea groups is 1. The summed E-state index contributed by atoms with van der Waals surface area (Å²) < 4.78 is 45.2. The third-order valence-corrected chi connectivity index (χ3v) is 8.04. The van der Waals surface area contributed by atoms with E-state index < -0.39 is 18.1 Å². The summed E-state index contributed by atoms with van der Waals surface area (Å²) in [6, 6.07) is 6.65. The van der Waals surface area contributed by atoms with Crippen LogP contribution in [0.5, 0.6) is 0 Å². The average molecular weight is 532 g/mol. The van der Waals surface area contributed by atoms with Crippen LogP contribution in [0.1, 0.15) is 50.5 Å². The summed E-state index contributed by atoms with van der Waals surface area (Å²) >= 11 is 0. The summed E-state index contributed by atoms with van der Waals surface area (Å²) in [4.78, 5) is 39.1. The molecule has 3 aliphatic rings. The van der Waals surface area contributed by atoms with E-state index in [1.807, 2.05) is 17.0 Å². The van der Waals surface area contributed by atoms with Gasteiger partial charge in [0.15, 0.2) is 0 Å². The highest BCUT2D eigenvalue weighted by Crippen LogP contribution is 2.49. The minimum Gasteiger partial charge on any atom is -0.480 e. The van der Waals surface area contributed by atoms with Crippen LogP contribution in [0.15, 0.2) is 24.3 Å². The Balaban J connectivity index is 0.000000479. The fourth-order valence-electron chi connectivity index (χ4n) is 5.69. The van der Waals surface area contributed by atoms with Crippen LogP contribution in [0.3, 0.4) is 0 Å². The standard InChI is InChI=1S/C23H32FN3O3.C2HF3O2/c1-25(2)23(18-6-8-19(24)9-7-18)12-10-22(11-13-23)16-26(15-20(28)29)21(30)27(22)14-17-4-3-5-17;3-2(4,5)1(6)7/h6-9,17H,3-5,10-16H2,1-2H3,(H,28,29);(H,6,7)/t22-,23-;. The minimum absolute atomic E-state index is 0.122. The maximum Gasteiger partial charge on any atom is 0.490 e. The van der Waals surface area contributed by atoms with Crippen molar-refractivity contribution in [3.8, 4) is 0 Å². The molecule has 2 aliphatic carbocycles. The van der Waals surface area contributed by atoms with Gasteiger partial charge >= 0.3 is 24.1 Å². The summed E-state index contributed by atoms with van der Waals surface area (Å²) in [5.41, 5.74) is 0.590. The van der Waals surface area contributed by atoms with E-state index in [2.05, 4.69) is 19.0 Å². The number of hydrogen-bond acceptors (Lipinski definition) is 4. The molecule has 0 unspecified atom stereocenters. The minimum atomic E-state index is -5.08. The van der Waals surface area contributed by atoms with E-state index in [1.54, 1.807) is 0 Å². The Morgan fingerprint density at radius 2 is 1.59 bits per heavy atom. The van der Waals surface area contributed by atoms with Gasteiger partial charge in [0.2, 0.25) is 0 Å². The highest BCUT2D eigenvalue weighted by molar-refractivity contribution is 5.83. The quantitative estimate of drug-likeness (QED) is 0.535. The van der Waals surface area contributed by atoms with Crippen molar-refractivity contribution in [3.63, 3.8) is 0 Å².